The summed E-state index contributed by atoms with van der Waals surface area (Å²) in [4.78, 5) is 6.24. The molecule has 10 heteroatoms. The average Bonchev–Trinajstić information content (AvgIpc) is 3.46. The van der Waals surface area contributed by atoms with Crippen LogP contribution < -0.4 is 5.73 Å². The topological polar surface area (TPSA) is 104 Å². The van der Waals surface area contributed by atoms with E-state index in [1.165, 1.54) is 5.56 Å². The Balaban J connectivity index is 1.31. The lowest BCUT2D eigenvalue weighted by molar-refractivity contribution is -0.214. The minimum atomic E-state index is -4.68. The van der Waals surface area contributed by atoms with Crippen LogP contribution in [0.2, 0.25) is 0 Å². The highest BCUT2D eigenvalue weighted by atomic mass is 19.4. The number of hydrogen-bond acceptors (Lipinski definition) is 6. The van der Waals surface area contributed by atoms with Gasteiger partial charge in [-0.25, -0.2) is 10.1 Å². The van der Waals surface area contributed by atoms with Crippen LogP contribution >= 0.6 is 0 Å². The summed E-state index contributed by atoms with van der Waals surface area (Å²) in [5.74, 6) is 0.117. The number of anilines is 1. The molecule has 216 valence electrons. The van der Waals surface area contributed by atoms with Crippen molar-refractivity contribution in [2.24, 2.45) is 0 Å². The van der Waals surface area contributed by atoms with Crippen molar-refractivity contribution >= 4 is 17.0 Å². The minimum absolute atomic E-state index is 0.0804. The van der Waals surface area contributed by atoms with Gasteiger partial charge in [0.2, 0.25) is 0 Å². The predicted molar refractivity (Wildman–Crippen MR) is 151 cm³/mol. The number of benzene rings is 2. The molecule has 0 saturated heterocycles. The Hall–Kier alpha value is -3.50. The van der Waals surface area contributed by atoms with Crippen LogP contribution in [0.15, 0.2) is 66.7 Å². The maximum Gasteiger partial charge on any atom is 0.415 e. The molecular weight excluding hydrogens is 529 g/mol. The van der Waals surface area contributed by atoms with E-state index in [9.17, 15) is 18.3 Å². The Labute approximate surface area is 237 Å². The van der Waals surface area contributed by atoms with E-state index in [1.54, 1.807) is 6.07 Å². The highest BCUT2D eigenvalue weighted by molar-refractivity contribution is 5.77. The fourth-order valence-corrected chi connectivity index (χ4v) is 7.32. The maximum atomic E-state index is 13.7. The molecular formula is C31H35F3N6O. The molecule has 2 aromatic heterocycles. The molecule has 4 N–H and O–H groups in total. The second-order valence-electron chi connectivity index (χ2n) is 11.8. The molecule has 4 aromatic rings. The molecule has 7 rings (SSSR count). The second-order valence-corrected chi connectivity index (χ2v) is 11.8. The zero-order chi connectivity index (χ0) is 28.7. The second kappa shape index (κ2) is 10.7. The first-order valence-corrected chi connectivity index (χ1v) is 14.3. The number of rotatable bonds is 9. The van der Waals surface area contributed by atoms with Gasteiger partial charge in [-0.3, -0.25) is 4.90 Å². The number of aliphatic hydroxyl groups is 1. The van der Waals surface area contributed by atoms with E-state index in [0.717, 1.165) is 49.7 Å². The van der Waals surface area contributed by atoms with Crippen LogP contribution in [0.1, 0.15) is 67.6 Å². The lowest BCUT2D eigenvalue weighted by Crippen LogP contribution is -2.60. The number of aromatic nitrogens is 4. The number of nitrogens with two attached hydrogens (primary N) is 1. The third-order valence-corrected chi connectivity index (χ3v) is 9.65. The van der Waals surface area contributed by atoms with Gasteiger partial charge in [0.25, 0.3) is 0 Å². The van der Waals surface area contributed by atoms with Crippen molar-refractivity contribution in [3.8, 4) is 0 Å². The zero-order valence-corrected chi connectivity index (χ0v) is 22.8. The number of aromatic amines is 1. The number of H-pyrrole nitrogens is 1. The Morgan fingerprint density at radius 1 is 0.951 bits per heavy atom. The summed E-state index contributed by atoms with van der Waals surface area (Å²) < 4.78 is 41.1. The molecule has 0 amide bonds. The molecule has 2 heterocycles. The van der Waals surface area contributed by atoms with E-state index in [2.05, 4.69) is 44.7 Å². The van der Waals surface area contributed by atoms with Gasteiger partial charge in [-0.1, -0.05) is 65.9 Å². The van der Waals surface area contributed by atoms with Crippen molar-refractivity contribution in [1.82, 2.24) is 25.3 Å². The van der Waals surface area contributed by atoms with Gasteiger partial charge in [-0.15, -0.1) is 5.10 Å². The highest BCUT2D eigenvalue weighted by Gasteiger charge is 2.53. The number of β-amino-alcohol motifs (C(OH)–C–C–N with tert-alkyl or cyclic N) is 1. The van der Waals surface area contributed by atoms with Crippen molar-refractivity contribution < 1.29 is 18.3 Å². The third-order valence-electron chi connectivity index (χ3n) is 9.65. The van der Waals surface area contributed by atoms with E-state index in [0.29, 0.717) is 29.9 Å². The Bertz CT molecular complexity index is 1450. The molecule has 3 aliphatic rings. The van der Waals surface area contributed by atoms with Crippen LogP contribution in [0.3, 0.4) is 0 Å². The summed E-state index contributed by atoms with van der Waals surface area (Å²) in [6.07, 6.45) is -1.37. The predicted octanol–water partition coefficient (Wildman–Crippen LogP) is 5.73. The van der Waals surface area contributed by atoms with Crippen molar-refractivity contribution in [2.75, 3.05) is 18.8 Å². The van der Waals surface area contributed by atoms with E-state index >= 15 is 0 Å². The normalized spacial score (nSPS) is 24.1. The Morgan fingerprint density at radius 3 is 2.22 bits per heavy atom. The smallest absolute Gasteiger partial charge is 0.384 e. The summed E-state index contributed by atoms with van der Waals surface area (Å²) in [6.45, 7) is -0.0617. The molecule has 2 unspecified atom stereocenters. The van der Waals surface area contributed by atoms with Gasteiger partial charge in [-0.05, 0) is 79.7 Å². The van der Waals surface area contributed by atoms with Gasteiger partial charge in [0.1, 0.15) is 11.3 Å². The number of nitrogen functional groups attached to an aromatic ring is 1. The van der Waals surface area contributed by atoms with Gasteiger partial charge in [0.05, 0.1) is 0 Å². The number of nitrogens with zero attached hydrogens (tertiary/aromatic N) is 4. The molecule has 2 aromatic carbocycles. The number of alkyl halides is 3. The minimum Gasteiger partial charge on any atom is -0.384 e. The molecule has 7 nitrogen and oxygen atoms in total. The Kier molecular flexibility index (Phi) is 7.23. The number of halogens is 3. The molecule has 3 fully saturated rings. The van der Waals surface area contributed by atoms with E-state index in [1.807, 2.05) is 41.3 Å². The van der Waals surface area contributed by atoms with Crippen LogP contribution in [0.5, 0.6) is 0 Å². The van der Waals surface area contributed by atoms with Crippen molar-refractivity contribution in [1.29, 1.82) is 0 Å². The summed E-state index contributed by atoms with van der Waals surface area (Å²) in [5, 5.41) is 21.2. The highest BCUT2D eigenvalue weighted by Crippen LogP contribution is 2.56. The third kappa shape index (κ3) is 5.30. The number of fused-ring (bicyclic) bond motifs is 4. The molecule has 3 saturated carbocycles. The number of hydrogen-bond donors (Lipinski definition) is 3. The first-order chi connectivity index (χ1) is 19.7. The molecule has 0 aliphatic heterocycles. The van der Waals surface area contributed by atoms with Crippen molar-refractivity contribution in [2.45, 2.75) is 74.1 Å². The summed E-state index contributed by atoms with van der Waals surface area (Å²) in [6, 6.07) is 22.1. The van der Waals surface area contributed by atoms with E-state index in [4.69, 9.17) is 5.73 Å². The standard InChI is InChI=1S/C31H35F3N6O/c32-31(33,34)25(41)20-40(30-15-12-29(13-16-30,14-17-30)22-9-5-2-6-10-22)18-11-23(21-7-3-1-4-8-21)24-19-26(35)36-28-27(24)37-39-38-28/h1-10,19,23,25,41H,11-18,20H2,(H3,35,36,37,38,39). The maximum absolute atomic E-state index is 13.7. The Morgan fingerprint density at radius 2 is 1.59 bits per heavy atom. The molecule has 0 spiro atoms. The fraction of sp³-hybridized carbons (Fsp3) is 0.452. The van der Waals surface area contributed by atoms with E-state index < -0.39 is 18.8 Å². The van der Waals surface area contributed by atoms with Crippen molar-refractivity contribution in [3.63, 3.8) is 0 Å². The average molecular weight is 565 g/mol. The van der Waals surface area contributed by atoms with Crippen molar-refractivity contribution in [3.05, 3.63) is 83.4 Å². The molecule has 3 aliphatic carbocycles. The molecule has 0 radical (unpaired) electrons. The van der Waals surface area contributed by atoms with Gasteiger partial charge in [0.15, 0.2) is 11.8 Å². The molecule has 41 heavy (non-hydrogen) atoms. The largest absolute Gasteiger partial charge is 0.415 e. The SMILES string of the molecule is Nc1cc(C(CCN(CC(O)C(F)(F)F)C23CCC(c4ccccc4)(CC2)CC3)c2ccccc2)c2nn[nH]c2n1. The van der Waals surface area contributed by atoms with Crippen LogP contribution in [0.4, 0.5) is 19.0 Å². The van der Waals surface area contributed by atoms with Gasteiger partial charge in [-0.2, -0.15) is 13.2 Å². The lowest BCUT2D eigenvalue weighted by Gasteiger charge is -2.58. The monoisotopic (exact) mass is 564 g/mol. The van der Waals surface area contributed by atoms with E-state index in [-0.39, 0.29) is 16.9 Å². The summed E-state index contributed by atoms with van der Waals surface area (Å²) in [5.41, 5.74) is 10.1. The van der Waals surface area contributed by atoms with Gasteiger partial charge in [0, 0.05) is 18.0 Å². The van der Waals surface area contributed by atoms with Crippen LogP contribution in [0, 0.1) is 0 Å². The number of nitrogens with one attached hydrogen (secondary N) is 1. The van der Waals surface area contributed by atoms with Crippen LogP contribution in [-0.4, -0.2) is 61.3 Å². The first-order valence-electron chi connectivity index (χ1n) is 14.3. The van der Waals surface area contributed by atoms with Gasteiger partial charge >= 0.3 is 6.18 Å². The molecule has 2 atom stereocenters. The molecule has 2 bridgehead atoms. The fourth-order valence-electron chi connectivity index (χ4n) is 7.32. The summed E-state index contributed by atoms with van der Waals surface area (Å²) in [7, 11) is 0. The summed E-state index contributed by atoms with van der Waals surface area (Å²) >= 11 is 0. The van der Waals surface area contributed by atoms with Crippen LogP contribution in [0.25, 0.3) is 11.2 Å². The van der Waals surface area contributed by atoms with Gasteiger partial charge < -0.3 is 10.8 Å². The van der Waals surface area contributed by atoms with Crippen LogP contribution in [-0.2, 0) is 5.41 Å². The lowest BCUT2D eigenvalue weighted by atomic mass is 9.54. The number of aliphatic hydroxyl groups excluding tert-OH is 1. The zero-order valence-electron chi connectivity index (χ0n) is 22.8. The first kappa shape index (κ1) is 27.7. The number of pyridine rings is 1. The quantitative estimate of drug-likeness (QED) is 0.240.